The maximum absolute atomic E-state index is 12.6. The minimum absolute atomic E-state index is 0.0928. The van der Waals surface area contributed by atoms with E-state index in [2.05, 4.69) is 10.6 Å². The van der Waals surface area contributed by atoms with Gasteiger partial charge < -0.3 is 19.8 Å². The summed E-state index contributed by atoms with van der Waals surface area (Å²) in [5.74, 6) is 0.566. The Morgan fingerprint density at radius 3 is 2.72 bits per heavy atom. The van der Waals surface area contributed by atoms with Crippen molar-refractivity contribution >= 4 is 11.8 Å². The lowest BCUT2D eigenvalue weighted by molar-refractivity contribution is -0.147. The van der Waals surface area contributed by atoms with E-state index in [1.54, 1.807) is 12.1 Å². The number of carbonyl (C=O) groups excluding carboxylic acids is 2. The zero-order valence-electron chi connectivity index (χ0n) is 15.1. The van der Waals surface area contributed by atoms with Crippen molar-refractivity contribution in [2.45, 2.75) is 71.1 Å². The molecule has 0 saturated heterocycles. The van der Waals surface area contributed by atoms with Crippen LogP contribution in [0.5, 0.6) is 0 Å². The number of amides is 2. The van der Waals surface area contributed by atoms with Gasteiger partial charge in [0.2, 0.25) is 5.91 Å². The molecule has 138 valence electrons. The third kappa shape index (κ3) is 3.73. The number of nitrogens with one attached hydrogen (secondary N) is 2. The zero-order valence-corrected chi connectivity index (χ0v) is 15.1. The zero-order chi connectivity index (χ0) is 17.9. The molecule has 2 N–H and O–H groups in total. The topological polar surface area (TPSA) is 80.6 Å². The number of hydrogen-bond donors (Lipinski definition) is 2. The molecular weight excluding hydrogens is 320 g/mol. The molecule has 6 heteroatoms. The van der Waals surface area contributed by atoms with E-state index in [-0.39, 0.29) is 29.4 Å². The van der Waals surface area contributed by atoms with Crippen molar-refractivity contribution in [2.24, 2.45) is 5.41 Å². The summed E-state index contributed by atoms with van der Waals surface area (Å²) in [5, 5.41) is 5.82. The largest absolute Gasteiger partial charge is 0.454 e. The first-order valence-electron chi connectivity index (χ1n) is 9.31. The molecular formula is C19H28N2O4. The number of hydrogen-bond acceptors (Lipinski definition) is 4. The maximum atomic E-state index is 12.6. The van der Waals surface area contributed by atoms with Crippen LogP contribution in [-0.2, 0) is 16.1 Å². The fraction of sp³-hybridized carbons (Fsp3) is 0.684. The monoisotopic (exact) mass is 348 g/mol. The molecule has 2 aliphatic rings. The van der Waals surface area contributed by atoms with E-state index in [4.69, 9.17) is 9.15 Å². The van der Waals surface area contributed by atoms with Crippen molar-refractivity contribution in [1.29, 1.82) is 0 Å². The number of furan rings is 1. The van der Waals surface area contributed by atoms with Gasteiger partial charge in [0, 0.05) is 25.0 Å². The van der Waals surface area contributed by atoms with E-state index in [0.717, 1.165) is 25.9 Å². The molecule has 2 unspecified atom stereocenters. The number of carbonyl (C=O) groups is 2. The third-order valence-electron chi connectivity index (χ3n) is 5.64. The second-order valence-corrected chi connectivity index (χ2v) is 7.18. The summed E-state index contributed by atoms with van der Waals surface area (Å²) in [4.78, 5) is 23.5. The highest BCUT2D eigenvalue weighted by Gasteiger charge is 2.56. The van der Waals surface area contributed by atoms with Crippen LogP contribution in [0.1, 0.15) is 68.7 Å². The Labute approximate surface area is 148 Å². The second-order valence-electron chi connectivity index (χ2n) is 7.18. The van der Waals surface area contributed by atoms with Gasteiger partial charge >= 0.3 is 0 Å². The van der Waals surface area contributed by atoms with Crippen LogP contribution in [0.3, 0.4) is 0 Å². The normalized spacial score (nSPS) is 24.6. The lowest BCUT2D eigenvalue weighted by atomic mass is 9.55. The van der Waals surface area contributed by atoms with E-state index < -0.39 is 0 Å². The van der Waals surface area contributed by atoms with Gasteiger partial charge in [-0.15, -0.1) is 0 Å². The third-order valence-corrected chi connectivity index (χ3v) is 5.64. The number of rotatable bonds is 6. The summed E-state index contributed by atoms with van der Waals surface area (Å²) < 4.78 is 11.5. The Morgan fingerprint density at radius 2 is 2.04 bits per heavy atom. The highest BCUT2D eigenvalue weighted by Crippen LogP contribution is 2.53. The number of ether oxygens (including phenoxy) is 1. The first-order chi connectivity index (χ1) is 12.0. The van der Waals surface area contributed by atoms with E-state index >= 15 is 0 Å². The van der Waals surface area contributed by atoms with Gasteiger partial charge in [-0.05, 0) is 38.3 Å². The fourth-order valence-corrected chi connectivity index (χ4v) is 4.30. The van der Waals surface area contributed by atoms with Crippen LogP contribution < -0.4 is 10.6 Å². The summed E-state index contributed by atoms with van der Waals surface area (Å²) in [6.45, 7) is 4.49. The molecule has 1 aromatic rings. The Kier molecular flexibility index (Phi) is 5.47. The smallest absolute Gasteiger partial charge is 0.287 e. The first kappa shape index (κ1) is 18.0. The van der Waals surface area contributed by atoms with Gasteiger partial charge in [-0.2, -0.15) is 0 Å². The van der Waals surface area contributed by atoms with Gasteiger partial charge in [0.15, 0.2) is 5.76 Å². The standard InChI is InChI=1S/C19H28N2O4/c1-3-24-17-11-16(19(17)9-5-4-6-10-19)21-18(23)15-8-7-14(25-15)12-20-13(2)22/h7-8,16-17H,3-6,9-12H2,1-2H3,(H,20,22)(H,21,23). The lowest BCUT2D eigenvalue weighted by Gasteiger charge is -2.57. The second kappa shape index (κ2) is 7.60. The van der Waals surface area contributed by atoms with Crippen LogP contribution in [-0.4, -0.2) is 30.6 Å². The molecule has 1 spiro atoms. The fourth-order valence-electron chi connectivity index (χ4n) is 4.30. The van der Waals surface area contributed by atoms with Crippen molar-refractivity contribution in [1.82, 2.24) is 10.6 Å². The molecule has 1 heterocycles. The summed E-state index contributed by atoms with van der Waals surface area (Å²) in [6, 6.07) is 3.55. The first-order valence-corrected chi connectivity index (χ1v) is 9.31. The molecule has 1 aromatic heterocycles. The SMILES string of the molecule is CCOC1CC(NC(=O)c2ccc(CNC(C)=O)o2)C12CCCCC2. The maximum Gasteiger partial charge on any atom is 0.287 e. The van der Waals surface area contributed by atoms with Crippen molar-refractivity contribution < 1.29 is 18.7 Å². The van der Waals surface area contributed by atoms with E-state index in [9.17, 15) is 9.59 Å². The summed E-state index contributed by atoms with van der Waals surface area (Å²) in [7, 11) is 0. The van der Waals surface area contributed by atoms with Crippen LogP contribution >= 0.6 is 0 Å². The van der Waals surface area contributed by atoms with Crippen LogP contribution in [0.25, 0.3) is 0 Å². The quantitative estimate of drug-likeness (QED) is 0.828. The van der Waals surface area contributed by atoms with Gasteiger partial charge in [-0.3, -0.25) is 9.59 Å². The lowest BCUT2D eigenvalue weighted by Crippen LogP contribution is -2.65. The molecule has 2 aliphatic carbocycles. The van der Waals surface area contributed by atoms with E-state index in [0.29, 0.717) is 18.1 Å². The van der Waals surface area contributed by atoms with Gasteiger partial charge in [-0.1, -0.05) is 19.3 Å². The molecule has 25 heavy (non-hydrogen) atoms. The minimum Gasteiger partial charge on any atom is -0.454 e. The Bertz CT molecular complexity index is 619. The van der Waals surface area contributed by atoms with Crippen molar-refractivity contribution in [2.75, 3.05) is 6.61 Å². The van der Waals surface area contributed by atoms with E-state index in [1.165, 1.54) is 26.2 Å². The molecule has 0 aliphatic heterocycles. The van der Waals surface area contributed by atoms with Crippen molar-refractivity contribution in [3.63, 3.8) is 0 Å². The molecule has 2 amide bonds. The molecule has 6 nitrogen and oxygen atoms in total. The van der Waals surface area contributed by atoms with Gasteiger partial charge in [0.05, 0.1) is 12.6 Å². The molecule has 0 aromatic carbocycles. The molecule has 2 saturated carbocycles. The van der Waals surface area contributed by atoms with Crippen molar-refractivity contribution in [3.05, 3.63) is 23.7 Å². The van der Waals surface area contributed by atoms with Gasteiger partial charge in [-0.25, -0.2) is 0 Å². The molecule has 0 radical (unpaired) electrons. The van der Waals surface area contributed by atoms with Crippen LogP contribution in [0, 0.1) is 5.41 Å². The van der Waals surface area contributed by atoms with Gasteiger partial charge in [0.1, 0.15) is 5.76 Å². The predicted molar refractivity (Wildman–Crippen MR) is 93.0 cm³/mol. The highest BCUT2D eigenvalue weighted by molar-refractivity contribution is 5.91. The summed E-state index contributed by atoms with van der Waals surface area (Å²) >= 11 is 0. The molecule has 0 bridgehead atoms. The Balaban J connectivity index is 1.61. The summed E-state index contributed by atoms with van der Waals surface area (Å²) in [5.41, 5.74) is 0.0928. The Morgan fingerprint density at radius 1 is 1.28 bits per heavy atom. The molecule has 2 atom stereocenters. The Hall–Kier alpha value is -1.82. The average Bonchev–Trinajstić information content (AvgIpc) is 3.09. The minimum atomic E-state index is -0.182. The van der Waals surface area contributed by atoms with Crippen LogP contribution in [0.2, 0.25) is 0 Å². The van der Waals surface area contributed by atoms with E-state index in [1.807, 2.05) is 6.92 Å². The average molecular weight is 348 g/mol. The highest BCUT2D eigenvalue weighted by atomic mass is 16.5. The predicted octanol–water partition coefficient (Wildman–Crippen LogP) is 2.77. The van der Waals surface area contributed by atoms with Crippen LogP contribution in [0.15, 0.2) is 16.5 Å². The molecule has 2 fully saturated rings. The van der Waals surface area contributed by atoms with Gasteiger partial charge in [0.25, 0.3) is 5.91 Å². The summed E-state index contributed by atoms with van der Waals surface area (Å²) in [6.07, 6.45) is 7.05. The van der Waals surface area contributed by atoms with Crippen LogP contribution in [0.4, 0.5) is 0 Å². The molecule has 3 rings (SSSR count). The van der Waals surface area contributed by atoms with Crippen molar-refractivity contribution in [3.8, 4) is 0 Å².